The molecule has 0 aliphatic carbocycles. The second kappa shape index (κ2) is 6.52. The van der Waals surface area contributed by atoms with Crippen LogP contribution in [-0.2, 0) is 6.42 Å². The maximum absolute atomic E-state index is 3.58. The average molecular weight is 345 g/mol. The number of nitrogens with one attached hydrogen (secondary N) is 1. The molecule has 0 amide bonds. The number of hydrogen-bond donors (Lipinski definition) is 1. The van der Waals surface area contributed by atoms with E-state index in [1.165, 1.54) is 17.7 Å². The van der Waals surface area contributed by atoms with Crippen LogP contribution in [0.25, 0.3) is 0 Å². The molecule has 1 N–H and O–H groups in total. The molecule has 21 heavy (non-hydrogen) atoms. The third kappa shape index (κ3) is 3.41. The molecule has 3 rings (SSSR count). The number of benzene rings is 2. The largest absolute Gasteiger partial charge is 0.382 e. The van der Waals surface area contributed by atoms with Crippen LogP contribution in [0.15, 0.2) is 53.0 Å². The average Bonchev–Trinajstić information content (AvgIpc) is 2.49. The van der Waals surface area contributed by atoms with Gasteiger partial charge in [-0.2, -0.15) is 0 Å². The first-order chi connectivity index (χ1) is 10.2. The Bertz CT molecular complexity index is 612. The molecule has 0 saturated carbocycles. The molecule has 3 heteroatoms. The summed E-state index contributed by atoms with van der Waals surface area (Å²) >= 11 is 3.58. The van der Waals surface area contributed by atoms with Crippen LogP contribution in [0.4, 0.5) is 11.4 Å². The Hall–Kier alpha value is -1.48. The van der Waals surface area contributed by atoms with Crippen LogP contribution in [0.5, 0.6) is 0 Å². The van der Waals surface area contributed by atoms with Crippen molar-refractivity contribution in [3.05, 3.63) is 58.6 Å². The van der Waals surface area contributed by atoms with Gasteiger partial charge >= 0.3 is 0 Å². The predicted octanol–water partition coefficient (Wildman–Crippen LogP) is 4.56. The fourth-order valence-corrected chi connectivity index (χ4v) is 3.47. The summed E-state index contributed by atoms with van der Waals surface area (Å²) in [6.45, 7) is 5.46. The van der Waals surface area contributed by atoms with Gasteiger partial charge in [-0.05, 0) is 52.0 Å². The summed E-state index contributed by atoms with van der Waals surface area (Å²) in [7, 11) is 0. The van der Waals surface area contributed by atoms with E-state index in [4.69, 9.17) is 0 Å². The van der Waals surface area contributed by atoms with E-state index in [0.717, 1.165) is 35.7 Å². The number of fused-ring (bicyclic) bond motifs is 1. The summed E-state index contributed by atoms with van der Waals surface area (Å²) in [5.41, 5.74) is 4.05. The Morgan fingerprint density at radius 2 is 1.90 bits per heavy atom. The molecular formula is C18H21BrN2. The Labute approximate surface area is 135 Å². The zero-order chi connectivity index (χ0) is 14.7. The van der Waals surface area contributed by atoms with E-state index in [0.29, 0.717) is 0 Å². The van der Waals surface area contributed by atoms with Gasteiger partial charge in [-0.15, -0.1) is 0 Å². The van der Waals surface area contributed by atoms with E-state index in [-0.39, 0.29) is 0 Å². The number of para-hydroxylation sites is 2. The molecule has 0 radical (unpaired) electrons. The molecule has 0 fully saturated rings. The van der Waals surface area contributed by atoms with E-state index in [1.54, 1.807) is 0 Å². The SMILES string of the molecule is CC1Cc2ccccc2N(CCNc2ccccc2Br)C1. The molecule has 1 heterocycles. The van der Waals surface area contributed by atoms with Gasteiger partial charge in [0.25, 0.3) is 0 Å². The summed E-state index contributed by atoms with van der Waals surface area (Å²) in [4.78, 5) is 2.51. The highest BCUT2D eigenvalue weighted by molar-refractivity contribution is 9.10. The van der Waals surface area contributed by atoms with Crippen molar-refractivity contribution in [3.8, 4) is 0 Å². The van der Waals surface area contributed by atoms with Crippen molar-refractivity contribution >= 4 is 27.3 Å². The Morgan fingerprint density at radius 1 is 1.14 bits per heavy atom. The minimum Gasteiger partial charge on any atom is -0.382 e. The van der Waals surface area contributed by atoms with Gasteiger partial charge in [-0.3, -0.25) is 0 Å². The summed E-state index contributed by atoms with van der Waals surface area (Å²) in [6, 6.07) is 17.1. The van der Waals surface area contributed by atoms with Crippen LogP contribution in [0.1, 0.15) is 12.5 Å². The fourth-order valence-electron chi connectivity index (χ4n) is 3.05. The minimum absolute atomic E-state index is 0.725. The summed E-state index contributed by atoms with van der Waals surface area (Å²) in [6.07, 6.45) is 1.20. The minimum atomic E-state index is 0.725. The molecule has 0 spiro atoms. The Morgan fingerprint density at radius 3 is 2.76 bits per heavy atom. The molecule has 1 aliphatic rings. The van der Waals surface area contributed by atoms with E-state index in [1.807, 2.05) is 6.07 Å². The number of hydrogen-bond acceptors (Lipinski definition) is 2. The van der Waals surface area contributed by atoms with Crippen LogP contribution in [0.2, 0.25) is 0 Å². The maximum Gasteiger partial charge on any atom is 0.0485 e. The molecule has 2 aromatic carbocycles. The van der Waals surface area contributed by atoms with Crippen LogP contribution >= 0.6 is 15.9 Å². The quantitative estimate of drug-likeness (QED) is 0.874. The lowest BCUT2D eigenvalue weighted by Gasteiger charge is -2.35. The van der Waals surface area contributed by atoms with Crippen LogP contribution < -0.4 is 10.2 Å². The molecule has 1 atom stereocenters. The molecule has 2 nitrogen and oxygen atoms in total. The summed E-state index contributed by atoms with van der Waals surface area (Å²) in [5.74, 6) is 0.725. The third-order valence-corrected chi connectivity index (χ3v) is 4.70. The monoisotopic (exact) mass is 344 g/mol. The highest BCUT2D eigenvalue weighted by atomic mass is 79.9. The van der Waals surface area contributed by atoms with E-state index in [2.05, 4.69) is 75.5 Å². The zero-order valence-electron chi connectivity index (χ0n) is 12.3. The van der Waals surface area contributed by atoms with Gasteiger partial charge in [-0.1, -0.05) is 37.3 Å². The van der Waals surface area contributed by atoms with Gasteiger partial charge in [-0.25, -0.2) is 0 Å². The van der Waals surface area contributed by atoms with Crippen molar-refractivity contribution in [1.82, 2.24) is 0 Å². The molecular weight excluding hydrogens is 324 g/mol. The molecule has 0 saturated heterocycles. The number of halogens is 1. The van der Waals surface area contributed by atoms with Gasteiger partial charge in [0.05, 0.1) is 0 Å². The lowest BCUT2D eigenvalue weighted by molar-refractivity contribution is 0.535. The van der Waals surface area contributed by atoms with Crippen molar-refractivity contribution in [3.63, 3.8) is 0 Å². The molecule has 0 bridgehead atoms. The van der Waals surface area contributed by atoms with Crippen molar-refractivity contribution < 1.29 is 0 Å². The second-order valence-electron chi connectivity index (χ2n) is 5.79. The van der Waals surface area contributed by atoms with Crippen molar-refractivity contribution in [2.75, 3.05) is 29.9 Å². The molecule has 2 aromatic rings. The summed E-state index contributed by atoms with van der Waals surface area (Å²) in [5, 5.41) is 3.52. The van der Waals surface area contributed by atoms with Crippen LogP contribution in [0, 0.1) is 5.92 Å². The first-order valence-corrected chi connectivity index (χ1v) is 8.34. The first kappa shape index (κ1) is 14.5. The van der Waals surface area contributed by atoms with Crippen molar-refractivity contribution in [2.24, 2.45) is 5.92 Å². The van der Waals surface area contributed by atoms with Crippen LogP contribution in [-0.4, -0.2) is 19.6 Å². The molecule has 0 aromatic heterocycles. The lowest BCUT2D eigenvalue weighted by atomic mass is 9.94. The topological polar surface area (TPSA) is 15.3 Å². The first-order valence-electron chi connectivity index (χ1n) is 7.55. The third-order valence-electron chi connectivity index (χ3n) is 4.00. The van der Waals surface area contributed by atoms with Crippen LogP contribution in [0.3, 0.4) is 0 Å². The van der Waals surface area contributed by atoms with Gasteiger partial charge in [0.15, 0.2) is 0 Å². The summed E-state index contributed by atoms with van der Waals surface area (Å²) < 4.78 is 1.12. The number of anilines is 2. The normalized spacial score (nSPS) is 17.4. The highest BCUT2D eigenvalue weighted by Crippen LogP contribution is 2.29. The molecule has 1 aliphatic heterocycles. The van der Waals surface area contributed by atoms with Gasteiger partial charge < -0.3 is 10.2 Å². The Balaban J connectivity index is 1.65. The zero-order valence-corrected chi connectivity index (χ0v) is 13.9. The number of rotatable bonds is 4. The highest BCUT2D eigenvalue weighted by Gasteiger charge is 2.20. The van der Waals surface area contributed by atoms with Gasteiger partial charge in [0, 0.05) is 35.5 Å². The van der Waals surface area contributed by atoms with Crippen molar-refractivity contribution in [1.29, 1.82) is 0 Å². The van der Waals surface area contributed by atoms with E-state index >= 15 is 0 Å². The maximum atomic E-state index is 3.58. The Kier molecular flexibility index (Phi) is 4.49. The van der Waals surface area contributed by atoms with Crippen molar-refractivity contribution in [2.45, 2.75) is 13.3 Å². The number of nitrogens with zero attached hydrogens (tertiary/aromatic N) is 1. The lowest BCUT2D eigenvalue weighted by Crippen LogP contribution is -2.37. The van der Waals surface area contributed by atoms with E-state index < -0.39 is 0 Å². The van der Waals surface area contributed by atoms with Gasteiger partial charge in [0.1, 0.15) is 0 Å². The second-order valence-corrected chi connectivity index (χ2v) is 6.64. The fraction of sp³-hybridized carbons (Fsp3) is 0.333. The molecule has 110 valence electrons. The van der Waals surface area contributed by atoms with E-state index in [9.17, 15) is 0 Å². The smallest absolute Gasteiger partial charge is 0.0485 e. The molecule has 1 unspecified atom stereocenters. The standard InChI is InChI=1S/C18H21BrN2/c1-14-12-15-6-2-5-9-18(15)21(13-14)11-10-20-17-8-4-3-7-16(17)19/h2-9,14,20H,10-13H2,1H3. The predicted molar refractivity (Wildman–Crippen MR) is 94.2 cm³/mol. The van der Waals surface area contributed by atoms with Gasteiger partial charge in [0.2, 0.25) is 0 Å².